The lowest BCUT2D eigenvalue weighted by atomic mass is 10.0. The average molecular weight is 412 g/mol. The summed E-state index contributed by atoms with van der Waals surface area (Å²) in [4.78, 5) is 21.6. The number of aromatic nitrogens is 2. The van der Waals surface area contributed by atoms with Crippen molar-refractivity contribution in [2.24, 2.45) is 5.10 Å². The fourth-order valence-electron chi connectivity index (χ4n) is 3.17. The predicted octanol–water partition coefficient (Wildman–Crippen LogP) is 4.17. The molecule has 0 atom stereocenters. The summed E-state index contributed by atoms with van der Waals surface area (Å²) >= 11 is 0. The lowest BCUT2D eigenvalue weighted by Crippen LogP contribution is -2.18. The van der Waals surface area contributed by atoms with Gasteiger partial charge in [-0.1, -0.05) is 24.3 Å². The lowest BCUT2D eigenvalue weighted by Gasteiger charge is -2.09. The van der Waals surface area contributed by atoms with Crippen LogP contribution in [0.25, 0.3) is 22.2 Å². The van der Waals surface area contributed by atoms with Gasteiger partial charge in [-0.05, 0) is 43.3 Å². The van der Waals surface area contributed by atoms with Crippen LogP contribution in [-0.4, -0.2) is 33.8 Å². The fourth-order valence-corrected chi connectivity index (χ4v) is 3.17. The van der Waals surface area contributed by atoms with Crippen molar-refractivity contribution < 1.29 is 14.6 Å². The van der Waals surface area contributed by atoms with Crippen LogP contribution in [0.3, 0.4) is 0 Å². The Hall–Kier alpha value is -4.26. The zero-order valence-corrected chi connectivity index (χ0v) is 16.8. The Bertz CT molecular complexity index is 1260. The van der Waals surface area contributed by atoms with E-state index in [9.17, 15) is 9.90 Å². The first kappa shape index (κ1) is 20.0. The van der Waals surface area contributed by atoms with Crippen LogP contribution in [0.2, 0.25) is 0 Å². The van der Waals surface area contributed by atoms with Gasteiger partial charge in [0.15, 0.2) is 11.5 Å². The molecule has 0 aliphatic heterocycles. The predicted molar refractivity (Wildman–Crippen MR) is 119 cm³/mol. The number of hydrazone groups is 1. The maximum atomic E-state index is 12.9. The molecule has 0 bridgehead atoms. The summed E-state index contributed by atoms with van der Waals surface area (Å²) in [6.45, 7) is 2.26. The molecule has 7 heteroatoms. The number of hydrogen-bond donors (Lipinski definition) is 2. The number of benzene rings is 2. The average Bonchev–Trinajstić information content (AvgIpc) is 2.81. The molecule has 0 aliphatic rings. The molecule has 0 fully saturated rings. The third kappa shape index (κ3) is 4.35. The van der Waals surface area contributed by atoms with Crippen LogP contribution in [0.4, 0.5) is 0 Å². The fraction of sp³-hybridized carbons (Fsp3) is 0.0833. The number of nitrogens with one attached hydrogen (secondary N) is 1. The zero-order valence-electron chi connectivity index (χ0n) is 16.8. The first-order valence-electron chi connectivity index (χ1n) is 9.75. The van der Waals surface area contributed by atoms with Gasteiger partial charge in [0.25, 0.3) is 5.91 Å². The standard InChI is InChI=1S/C24H20N4O3/c1-2-31-22-9-5-6-17(23(22)29)15-26-28-24(30)19-14-21(16-10-12-25-13-11-16)27-20-8-4-3-7-18(19)20/h3-15,29H,2H2,1H3,(H,28,30)/b26-15+. The minimum atomic E-state index is -0.384. The van der Waals surface area contributed by atoms with Crippen molar-refractivity contribution in [1.82, 2.24) is 15.4 Å². The first-order valence-corrected chi connectivity index (χ1v) is 9.75. The van der Waals surface area contributed by atoms with Crippen molar-refractivity contribution in [2.45, 2.75) is 6.92 Å². The molecule has 7 nitrogen and oxygen atoms in total. The number of fused-ring (bicyclic) bond motifs is 1. The van der Waals surface area contributed by atoms with E-state index in [-0.39, 0.29) is 11.7 Å². The van der Waals surface area contributed by atoms with Crippen molar-refractivity contribution >= 4 is 23.0 Å². The highest BCUT2D eigenvalue weighted by molar-refractivity contribution is 6.07. The maximum Gasteiger partial charge on any atom is 0.272 e. The number of ether oxygens (including phenoxy) is 1. The lowest BCUT2D eigenvalue weighted by molar-refractivity contribution is 0.0956. The number of rotatable bonds is 6. The van der Waals surface area contributed by atoms with E-state index in [1.807, 2.05) is 43.3 Å². The Balaban J connectivity index is 1.64. The highest BCUT2D eigenvalue weighted by Crippen LogP contribution is 2.28. The van der Waals surface area contributed by atoms with Crippen molar-refractivity contribution in [3.63, 3.8) is 0 Å². The summed E-state index contributed by atoms with van der Waals surface area (Å²) in [7, 11) is 0. The van der Waals surface area contributed by atoms with E-state index >= 15 is 0 Å². The second-order valence-corrected chi connectivity index (χ2v) is 6.63. The molecule has 4 aromatic rings. The van der Waals surface area contributed by atoms with E-state index in [4.69, 9.17) is 4.74 Å². The first-order chi connectivity index (χ1) is 15.2. The highest BCUT2D eigenvalue weighted by Gasteiger charge is 2.14. The third-order valence-corrected chi connectivity index (χ3v) is 4.64. The molecule has 31 heavy (non-hydrogen) atoms. The van der Waals surface area contributed by atoms with Crippen molar-refractivity contribution in [2.75, 3.05) is 6.61 Å². The summed E-state index contributed by atoms with van der Waals surface area (Å²) in [6.07, 6.45) is 4.74. The second-order valence-electron chi connectivity index (χ2n) is 6.63. The van der Waals surface area contributed by atoms with E-state index in [1.165, 1.54) is 6.21 Å². The van der Waals surface area contributed by atoms with Gasteiger partial charge in [-0.2, -0.15) is 5.10 Å². The van der Waals surface area contributed by atoms with Gasteiger partial charge in [0.2, 0.25) is 0 Å². The number of hydrogen-bond acceptors (Lipinski definition) is 6. The molecule has 0 aliphatic carbocycles. The molecule has 2 aromatic carbocycles. The van der Waals surface area contributed by atoms with E-state index in [0.717, 1.165) is 5.56 Å². The number of pyridine rings is 2. The minimum absolute atomic E-state index is 0.0308. The highest BCUT2D eigenvalue weighted by atomic mass is 16.5. The molecule has 0 saturated carbocycles. The number of phenols is 1. The van der Waals surface area contributed by atoms with Crippen LogP contribution in [0.15, 0.2) is 78.2 Å². The molecule has 0 radical (unpaired) electrons. The summed E-state index contributed by atoms with van der Waals surface area (Å²) in [6, 6.07) is 17.9. The number of phenolic OH excluding ortho intramolecular Hbond substituents is 1. The molecule has 1 amide bonds. The van der Waals surface area contributed by atoms with Gasteiger partial charge in [-0.3, -0.25) is 9.78 Å². The van der Waals surface area contributed by atoms with Crippen LogP contribution >= 0.6 is 0 Å². The van der Waals surface area contributed by atoms with E-state index in [1.54, 1.807) is 36.7 Å². The molecule has 0 saturated heterocycles. The molecular weight excluding hydrogens is 392 g/mol. The molecule has 2 heterocycles. The van der Waals surface area contributed by atoms with Gasteiger partial charge in [0.05, 0.1) is 29.6 Å². The van der Waals surface area contributed by atoms with E-state index in [2.05, 4.69) is 20.5 Å². The number of carbonyl (C=O) groups excluding carboxylic acids is 1. The van der Waals surface area contributed by atoms with Gasteiger partial charge in [-0.25, -0.2) is 10.4 Å². The third-order valence-electron chi connectivity index (χ3n) is 4.64. The Kier molecular flexibility index (Phi) is 5.84. The van der Waals surface area contributed by atoms with Crippen molar-refractivity contribution in [1.29, 1.82) is 0 Å². The molecule has 2 aromatic heterocycles. The number of amides is 1. The monoisotopic (exact) mass is 412 g/mol. The smallest absolute Gasteiger partial charge is 0.272 e. The maximum absolute atomic E-state index is 12.9. The molecular formula is C24H20N4O3. The zero-order chi connectivity index (χ0) is 21.6. The Morgan fingerprint density at radius 3 is 2.74 bits per heavy atom. The van der Waals surface area contributed by atoms with Crippen LogP contribution in [-0.2, 0) is 0 Å². The largest absolute Gasteiger partial charge is 0.504 e. The second kappa shape index (κ2) is 9.04. The van der Waals surface area contributed by atoms with Crippen LogP contribution in [0.1, 0.15) is 22.8 Å². The minimum Gasteiger partial charge on any atom is -0.504 e. The van der Waals surface area contributed by atoms with Crippen molar-refractivity contribution in [3.05, 3.63) is 84.2 Å². The summed E-state index contributed by atoms with van der Waals surface area (Å²) in [5, 5.41) is 15.0. The van der Waals surface area contributed by atoms with Crippen LogP contribution < -0.4 is 10.2 Å². The molecule has 2 N–H and O–H groups in total. The molecule has 154 valence electrons. The summed E-state index contributed by atoms with van der Waals surface area (Å²) < 4.78 is 5.37. The Morgan fingerprint density at radius 2 is 1.94 bits per heavy atom. The Morgan fingerprint density at radius 1 is 1.13 bits per heavy atom. The SMILES string of the molecule is CCOc1cccc(/C=N/NC(=O)c2cc(-c3ccncc3)nc3ccccc23)c1O. The van der Waals surface area contributed by atoms with Gasteiger partial charge < -0.3 is 9.84 Å². The number of carbonyl (C=O) groups is 1. The van der Waals surface area contributed by atoms with Crippen molar-refractivity contribution in [3.8, 4) is 22.8 Å². The van der Waals surface area contributed by atoms with Gasteiger partial charge in [0.1, 0.15) is 0 Å². The summed E-state index contributed by atoms with van der Waals surface area (Å²) in [5.74, 6) is -0.0535. The van der Waals surface area contributed by atoms with Gasteiger partial charge in [-0.15, -0.1) is 0 Å². The topological polar surface area (TPSA) is 96.7 Å². The quantitative estimate of drug-likeness (QED) is 0.366. The summed E-state index contributed by atoms with van der Waals surface area (Å²) in [5.41, 5.74) is 5.64. The molecule has 4 rings (SSSR count). The number of para-hydroxylation sites is 2. The van der Waals surface area contributed by atoms with Crippen LogP contribution in [0.5, 0.6) is 11.5 Å². The van der Waals surface area contributed by atoms with Crippen LogP contribution in [0, 0.1) is 0 Å². The Labute approximate surface area is 179 Å². The normalized spacial score (nSPS) is 11.0. The van der Waals surface area contributed by atoms with Gasteiger partial charge >= 0.3 is 0 Å². The van der Waals surface area contributed by atoms with E-state index in [0.29, 0.717) is 40.1 Å². The molecule has 0 spiro atoms. The number of nitrogens with zero attached hydrogens (tertiary/aromatic N) is 3. The van der Waals surface area contributed by atoms with E-state index < -0.39 is 0 Å². The molecule has 0 unspecified atom stereocenters. The van der Waals surface area contributed by atoms with Gasteiger partial charge in [0, 0.05) is 28.9 Å². The number of aromatic hydroxyl groups is 1.